The molecular weight excluding hydrogens is 264 g/mol. The van der Waals surface area contributed by atoms with Crippen LogP contribution in [0.4, 0.5) is 5.13 Å². The van der Waals surface area contributed by atoms with Crippen LogP contribution in [0.5, 0.6) is 5.75 Å². The molecule has 0 amide bonds. The van der Waals surface area contributed by atoms with E-state index >= 15 is 0 Å². The average molecular weight is 276 g/mol. The number of anilines is 1. The smallest absolute Gasteiger partial charge is 0.236 e. The van der Waals surface area contributed by atoms with E-state index in [1.165, 1.54) is 11.3 Å². The van der Waals surface area contributed by atoms with Crippen molar-refractivity contribution in [2.24, 2.45) is 5.73 Å². The van der Waals surface area contributed by atoms with Crippen molar-refractivity contribution in [3.05, 3.63) is 24.3 Å². The zero-order valence-corrected chi connectivity index (χ0v) is 10.8. The van der Waals surface area contributed by atoms with Crippen molar-refractivity contribution < 1.29 is 4.74 Å². The van der Waals surface area contributed by atoms with Crippen molar-refractivity contribution in [1.82, 2.24) is 19.8 Å². The maximum Gasteiger partial charge on any atom is 0.236 e. The van der Waals surface area contributed by atoms with Gasteiger partial charge in [-0.1, -0.05) is 23.5 Å². The van der Waals surface area contributed by atoms with Gasteiger partial charge in [-0.25, -0.2) is 0 Å². The number of benzene rings is 1. The van der Waals surface area contributed by atoms with Crippen LogP contribution in [0.15, 0.2) is 24.3 Å². The van der Waals surface area contributed by atoms with E-state index in [2.05, 4.69) is 15.3 Å². The van der Waals surface area contributed by atoms with Crippen molar-refractivity contribution in [2.75, 3.05) is 18.9 Å². The molecule has 0 aliphatic carbocycles. The molecule has 0 bridgehead atoms. The Morgan fingerprint density at radius 2 is 2.21 bits per heavy atom. The third-order valence-electron chi connectivity index (χ3n) is 2.49. The molecule has 0 saturated carbocycles. The van der Waals surface area contributed by atoms with Crippen LogP contribution in [0.25, 0.3) is 16.3 Å². The van der Waals surface area contributed by atoms with Gasteiger partial charge in [-0.05, 0) is 12.1 Å². The lowest BCUT2D eigenvalue weighted by atomic mass is 10.2. The molecule has 0 unspecified atom stereocenters. The second-order valence-electron chi connectivity index (χ2n) is 3.82. The van der Waals surface area contributed by atoms with Gasteiger partial charge in [0.1, 0.15) is 12.4 Å². The minimum atomic E-state index is 0.460. The quantitative estimate of drug-likeness (QED) is 0.729. The summed E-state index contributed by atoms with van der Waals surface area (Å²) < 4.78 is 7.11. The van der Waals surface area contributed by atoms with Crippen LogP contribution >= 0.6 is 11.3 Å². The van der Waals surface area contributed by atoms with Gasteiger partial charge in [0.15, 0.2) is 5.82 Å². The summed E-state index contributed by atoms with van der Waals surface area (Å²) >= 11 is 1.29. The molecule has 0 spiro atoms. The predicted molar refractivity (Wildman–Crippen MR) is 73.1 cm³/mol. The number of rotatable bonds is 4. The monoisotopic (exact) mass is 276 g/mol. The Morgan fingerprint density at radius 1 is 1.32 bits per heavy atom. The van der Waals surface area contributed by atoms with E-state index in [9.17, 15) is 0 Å². The van der Waals surface area contributed by atoms with Crippen LogP contribution in [0.1, 0.15) is 0 Å². The fraction of sp³-hybridized carbons (Fsp3) is 0.182. The molecule has 3 rings (SSSR count). The maximum absolute atomic E-state index is 5.66. The second-order valence-corrected chi connectivity index (χ2v) is 4.81. The van der Waals surface area contributed by atoms with E-state index < -0.39 is 0 Å². The van der Waals surface area contributed by atoms with Crippen LogP contribution in [-0.2, 0) is 0 Å². The molecule has 1 aromatic carbocycles. The van der Waals surface area contributed by atoms with Crippen LogP contribution in [0, 0.1) is 0 Å². The maximum atomic E-state index is 5.66. The number of hydrogen-bond acceptors (Lipinski definition) is 7. The summed E-state index contributed by atoms with van der Waals surface area (Å²) in [4.78, 5) is 0.667. The van der Waals surface area contributed by atoms with Gasteiger partial charge >= 0.3 is 0 Å². The Kier molecular flexibility index (Phi) is 3.02. The summed E-state index contributed by atoms with van der Waals surface area (Å²) in [6, 6.07) is 7.55. The van der Waals surface area contributed by atoms with E-state index in [0.29, 0.717) is 29.1 Å². The molecule has 2 aromatic heterocycles. The van der Waals surface area contributed by atoms with Gasteiger partial charge < -0.3 is 16.2 Å². The summed E-state index contributed by atoms with van der Waals surface area (Å²) in [5.74, 6) is 1.38. The topological polar surface area (TPSA) is 104 Å². The Hall–Kier alpha value is -2.19. The van der Waals surface area contributed by atoms with Gasteiger partial charge in [-0.2, -0.15) is 4.52 Å². The fourth-order valence-electron chi connectivity index (χ4n) is 1.71. The highest BCUT2D eigenvalue weighted by Crippen LogP contribution is 2.25. The van der Waals surface area contributed by atoms with Crippen molar-refractivity contribution in [1.29, 1.82) is 0 Å². The van der Waals surface area contributed by atoms with Crippen molar-refractivity contribution in [3.8, 4) is 17.1 Å². The lowest BCUT2D eigenvalue weighted by Gasteiger charge is -2.05. The van der Waals surface area contributed by atoms with Gasteiger partial charge in [-0.15, -0.1) is 15.3 Å². The van der Waals surface area contributed by atoms with Gasteiger partial charge in [0, 0.05) is 12.1 Å². The van der Waals surface area contributed by atoms with E-state index in [1.54, 1.807) is 4.52 Å². The highest BCUT2D eigenvalue weighted by molar-refractivity contribution is 7.20. The van der Waals surface area contributed by atoms with Gasteiger partial charge in [0.2, 0.25) is 10.1 Å². The molecule has 0 aliphatic heterocycles. The minimum Gasteiger partial charge on any atom is -0.492 e. The fourth-order valence-corrected chi connectivity index (χ4v) is 2.32. The predicted octanol–water partition coefficient (Wildman–Crippen LogP) is 0.772. The standard InChI is InChI=1S/C11H12N6OS/c12-4-5-18-8-3-1-2-7(6-8)9-14-15-11-17(9)16-10(13)19-11/h1-3,6H,4-5,12H2,(H2,13,16). The van der Waals surface area contributed by atoms with E-state index in [0.717, 1.165) is 11.3 Å². The number of nitrogen functional groups attached to an aromatic ring is 1. The highest BCUT2D eigenvalue weighted by Gasteiger charge is 2.12. The molecule has 0 aliphatic rings. The Morgan fingerprint density at radius 3 is 3.05 bits per heavy atom. The van der Waals surface area contributed by atoms with Gasteiger partial charge in [-0.3, -0.25) is 0 Å². The van der Waals surface area contributed by atoms with Crippen LogP contribution in [-0.4, -0.2) is 33.0 Å². The number of nitrogens with zero attached hydrogens (tertiary/aromatic N) is 4. The number of aromatic nitrogens is 4. The first-order valence-corrected chi connectivity index (χ1v) is 6.50. The summed E-state index contributed by atoms with van der Waals surface area (Å²) in [6.07, 6.45) is 0. The van der Waals surface area contributed by atoms with Gasteiger partial charge in [0.25, 0.3) is 0 Å². The molecule has 0 radical (unpaired) electrons. The van der Waals surface area contributed by atoms with E-state index in [1.807, 2.05) is 24.3 Å². The Bertz CT molecular complexity index is 706. The largest absolute Gasteiger partial charge is 0.492 e. The zero-order valence-electron chi connectivity index (χ0n) is 9.98. The first-order chi connectivity index (χ1) is 9.28. The van der Waals surface area contributed by atoms with Crippen LogP contribution in [0.2, 0.25) is 0 Å². The molecule has 0 saturated heterocycles. The summed E-state index contributed by atoms with van der Waals surface area (Å²) in [5.41, 5.74) is 11.9. The van der Waals surface area contributed by atoms with Crippen molar-refractivity contribution in [3.63, 3.8) is 0 Å². The summed E-state index contributed by atoms with van der Waals surface area (Å²) in [7, 11) is 0. The molecule has 98 valence electrons. The molecule has 19 heavy (non-hydrogen) atoms. The molecule has 8 heteroatoms. The first-order valence-electron chi connectivity index (χ1n) is 5.69. The molecule has 0 fully saturated rings. The summed E-state index contributed by atoms with van der Waals surface area (Å²) in [6.45, 7) is 0.949. The molecular formula is C11H12N6OS. The number of nitrogens with two attached hydrogens (primary N) is 2. The van der Waals surface area contributed by atoms with Crippen LogP contribution in [0.3, 0.4) is 0 Å². The Labute approximate surface area is 112 Å². The third kappa shape index (κ3) is 2.23. The van der Waals surface area contributed by atoms with Gasteiger partial charge in [0.05, 0.1) is 0 Å². The van der Waals surface area contributed by atoms with Crippen molar-refractivity contribution in [2.45, 2.75) is 0 Å². The van der Waals surface area contributed by atoms with Crippen LogP contribution < -0.4 is 16.2 Å². The molecule has 2 heterocycles. The third-order valence-corrected chi connectivity index (χ3v) is 3.21. The van der Waals surface area contributed by atoms with E-state index in [4.69, 9.17) is 16.2 Å². The lowest BCUT2D eigenvalue weighted by Crippen LogP contribution is -2.10. The lowest BCUT2D eigenvalue weighted by molar-refractivity contribution is 0.328. The number of fused-ring (bicyclic) bond motifs is 1. The Balaban J connectivity index is 2.00. The highest BCUT2D eigenvalue weighted by atomic mass is 32.1. The molecule has 4 N–H and O–H groups in total. The first kappa shape index (κ1) is 11.9. The number of hydrogen-bond donors (Lipinski definition) is 2. The molecule has 7 nitrogen and oxygen atoms in total. The molecule has 3 aromatic rings. The summed E-state index contributed by atoms with van der Waals surface area (Å²) in [5, 5.41) is 12.8. The molecule has 0 atom stereocenters. The second kappa shape index (κ2) is 4.82. The SMILES string of the molecule is NCCOc1cccc(-c2nnc3sc(N)nn23)c1. The zero-order chi connectivity index (χ0) is 13.2. The minimum absolute atomic E-state index is 0.460. The van der Waals surface area contributed by atoms with E-state index in [-0.39, 0.29) is 0 Å². The average Bonchev–Trinajstić information content (AvgIpc) is 2.95. The number of ether oxygens (including phenoxy) is 1. The van der Waals surface area contributed by atoms with Crippen molar-refractivity contribution >= 4 is 21.4 Å². The normalized spacial score (nSPS) is 11.0.